The van der Waals surface area contributed by atoms with Crippen LogP contribution in [0, 0.1) is 17.6 Å². The van der Waals surface area contributed by atoms with Crippen molar-refractivity contribution in [3.8, 4) is 5.75 Å². The molecule has 0 heterocycles. The number of rotatable bonds is 7. The summed E-state index contributed by atoms with van der Waals surface area (Å²) in [7, 11) is 0. The van der Waals surface area contributed by atoms with Gasteiger partial charge in [-0.25, -0.2) is 4.39 Å². The van der Waals surface area contributed by atoms with Crippen LogP contribution in [0.3, 0.4) is 0 Å². The van der Waals surface area contributed by atoms with E-state index in [4.69, 9.17) is 4.74 Å². The molecular weight excluding hydrogens is 272 g/mol. The number of ether oxygens (including phenoxy) is 1. The molecule has 21 heavy (non-hydrogen) atoms. The Labute approximate surface area is 125 Å². The van der Waals surface area contributed by atoms with Crippen LogP contribution in [0.2, 0.25) is 0 Å². The molecule has 0 amide bonds. The van der Waals surface area contributed by atoms with Gasteiger partial charge in [-0.3, -0.25) is 0 Å². The Balaban J connectivity index is 1.95. The molecule has 0 aliphatic heterocycles. The lowest BCUT2D eigenvalue weighted by Gasteiger charge is -2.31. The van der Waals surface area contributed by atoms with Gasteiger partial charge in [-0.05, 0) is 43.9 Å². The van der Waals surface area contributed by atoms with Gasteiger partial charge in [-0.15, -0.1) is 0 Å². The molecule has 1 N–H and O–H groups in total. The predicted molar refractivity (Wildman–Crippen MR) is 80.5 cm³/mol. The third-order valence-corrected chi connectivity index (χ3v) is 4.21. The Morgan fingerprint density at radius 1 is 1.24 bits per heavy atom. The second-order valence-corrected chi connectivity index (χ2v) is 5.82. The predicted octanol–water partition coefficient (Wildman–Crippen LogP) is 4.29. The molecule has 1 aromatic carbocycles. The maximum absolute atomic E-state index is 13.6. The Bertz CT molecular complexity index is 433. The largest absolute Gasteiger partial charge is 0.489 e. The van der Waals surface area contributed by atoms with Crippen LogP contribution in [-0.4, -0.2) is 19.2 Å². The van der Waals surface area contributed by atoms with Crippen molar-refractivity contribution < 1.29 is 13.5 Å². The summed E-state index contributed by atoms with van der Waals surface area (Å²) in [5.74, 6) is -1.17. The van der Waals surface area contributed by atoms with Gasteiger partial charge in [0, 0.05) is 6.04 Å². The van der Waals surface area contributed by atoms with Gasteiger partial charge in [0.05, 0.1) is 0 Å². The van der Waals surface area contributed by atoms with Crippen molar-refractivity contribution in [1.82, 2.24) is 5.32 Å². The molecule has 1 fully saturated rings. The van der Waals surface area contributed by atoms with Crippen molar-refractivity contribution >= 4 is 0 Å². The van der Waals surface area contributed by atoms with Crippen molar-refractivity contribution in [3.63, 3.8) is 0 Å². The average molecular weight is 297 g/mol. The number of hydrogen-bond donors (Lipinski definition) is 1. The summed E-state index contributed by atoms with van der Waals surface area (Å²) in [5.41, 5.74) is 0. The fourth-order valence-electron chi connectivity index (χ4n) is 3.00. The molecule has 0 saturated heterocycles. The molecule has 0 aromatic heterocycles. The van der Waals surface area contributed by atoms with Crippen molar-refractivity contribution in [2.45, 2.75) is 51.5 Å². The smallest absolute Gasteiger partial charge is 0.200 e. The summed E-state index contributed by atoms with van der Waals surface area (Å²) in [4.78, 5) is 0. The highest BCUT2D eigenvalue weighted by atomic mass is 19.2. The normalized spacial score (nSPS) is 17.7. The number of halogens is 2. The van der Waals surface area contributed by atoms with E-state index in [-0.39, 0.29) is 11.8 Å². The summed E-state index contributed by atoms with van der Waals surface area (Å²) >= 11 is 0. The fourth-order valence-corrected chi connectivity index (χ4v) is 3.00. The van der Waals surface area contributed by atoms with Crippen LogP contribution in [0.15, 0.2) is 18.2 Å². The standard InChI is InChI=1S/C17H25F2NO/c1-2-11-20-15(13-7-4-3-5-8-13)12-21-16-10-6-9-14(18)17(16)19/h6,9-10,13,15,20H,2-5,7-8,11-12H2,1H3. The van der Waals surface area contributed by atoms with E-state index in [1.807, 2.05) is 0 Å². The van der Waals surface area contributed by atoms with Crippen LogP contribution in [0.1, 0.15) is 45.4 Å². The Morgan fingerprint density at radius 2 is 2.00 bits per heavy atom. The monoisotopic (exact) mass is 297 g/mol. The first kappa shape index (κ1) is 16.2. The fraction of sp³-hybridized carbons (Fsp3) is 0.647. The average Bonchev–Trinajstić information content (AvgIpc) is 2.52. The molecule has 2 rings (SSSR count). The Hall–Kier alpha value is -1.16. The van der Waals surface area contributed by atoms with Crippen LogP contribution >= 0.6 is 0 Å². The van der Waals surface area contributed by atoms with Crippen LogP contribution in [0.5, 0.6) is 5.75 Å². The maximum Gasteiger partial charge on any atom is 0.200 e. The van der Waals surface area contributed by atoms with Crippen molar-refractivity contribution in [2.24, 2.45) is 5.92 Å². The highest BCUT2D eigenvalue weighted by molar-refractivity contribution is 5.25. The van der Waals surface area contributed by atoms with Gasteiger partial charge in [0.15, 0.2) is 11.6 Å². The van der Waals surface area contributed by atoms with E-state index in [1.54, 1.807) is 0 Å². The lowest BCUT2D eigenvalue weighted by molar-refractivity contribution is 0.180. The number of hydrogen-bond acceptors (Lipinski definition) is 2. The van der Waals surface area contributed by atoms with Crippen molar-refractivity contribution in [3.05, 3.63) is 29.8 Å². The van der Waals surface area contributed by atoms with Gasteiger partial charge >= 0.3 is 0 Å². The zero-order chi connectivity index (χ0) is 15.1. The molecule has 1 aromatic rings. The summed E-state index contributed by atoms with van der Waals surface area (Å²) in [6.07, 6.45) is 7.24. The third kappa shape index (κ3) is 4.67. The molecule has 1 saturated carbocycles. The van der Waals surface area contributed by atoms with Gasteiger partial charge < -0.3 is 10.1 Å². The van der Waals surface area contributed by atoms with Crippen LogP contribution in [-0.2, 0) is 0 Å². The van der Waals surface area contributed by atoms with Crippen LogP contribution in [0.4, 0.5) is 8.78 Å². The minimum Gasteiger partial charge on any atom is -0.489 e. The lowest BCUT2D eigenvalue weighted by Crippen LogP contribution is -2.42. The first-order chi connectivity index (χ1) is 10.2. The Kier molecular flexibility index (Phi) is 6.43. The van der Waals surface area contributed by atoms with E-state index in [2.05, 4.69) is 12.2 Å². The SMILES string of the molecule is CCCNC(COc1cccc(F)c1F)C1CCCCC1. The maximum atomic E-state index is 13.6. The first-order valence-corrected chi connectivity index (χ1v) is 8.02. The molecule has 4 heteroatoms. The van der Waals surface area contributed by atoms with Crippen molar-refractivity contribution in [1.29, 1.82) is 0 Å². The highest BCUT2D eigenvalue weighted by Crippen LogP contribution is 2.27. The molecule has 1 aliphatic carbocycles. The molecule has 0 bridgehead atoms. The minimum absolute atomic E-state index is 0.00843. The number of benzene rings is 1. The highest BCUT2D eigenvalue weighted by Gasteiger charge is 2.24. The van der Waals surface area contributed by atoms with Gasteiger partial charge in [0.25, 0.3) is 0 Å². The number of nitrogens with one attached hydrogen (secondary N) is 1. The first-order valence-electron chi connectivity index (χ1n) is 8.02. The molecular formula is C17H25F2NO. The second kappa shape index (κ2) is 8.32. The second-order valence-electron chi connectivity index (χ2n) is 5.82. The zero-order valence-corrected chi connectivity index (χ0v) is 12.7. The van der Waals surface area contributed by atoms with E-state index in [0.717, 1.165) is 19.0 Å². The van der Waals surface area contributed by atoms with E-state index in [1.165, 1.54) is 44.2 Å². The van der Waals surface area contributed by atoms with E-state index >= 15 is 0 Å². The molecule has 0 spiro atoms. The molecule has 1 unspecified atom stereocenters. The van der Waals surface area contributed by atoms with Gasteiger partial charge in [0.1, 0.15) is 6.61 Å². The van der Waals surface area contributed by atoms with Crippen molar-refractivity contribution in [2.75, 3.05) is 13.2 Å². The van der Waals surface area contributed by atoms with Gasteiger partial charge in [-0.2, -0.15) is 4.39 Å². The summed E-state index contributed by atoms with van der Waals surface area (Å²) in [6, 6.07) is 4.28. The van der Waals surface area contributed by atoms with Crippen LogP contribution in [0.25, 0.3) is 0 Å². The van der Waals surface area contributed by atoms with Crippen LogP contribution < -0.4 is 10.1 Å². The summed E-state index contributed by atoms with van der Waals surface area (Å²) < 4.78 is 32.4. The van der Waals surface area contributed by atoms with E-state index < -0.39 is 11.6 Å². The lowest BCUT2D eigenvalue weighted by atomic mass is 9.84. The summed E-state index contributed by atoms with van der Waals surface area (Å²) in [5, 5.41) is 3.50. The summed E-state index contributed by atoms with van der Waals surface area (Å²) in [6.45, 7) is 3.44. The van der Waals surface area contributed by atoms with Gasteiger partial charge in [-0.1, -0.05) is 32.3 Å². The zero-order valence-electron chi connectivity index (χ0n) is 12.7. The van der Waals surface area contributed by atoms with E-state index in [9.17, 15) is 8.78 Å². The molecule has 1 atom stereocenters. The minimum atomic E-state index is -0.893. The molecule has 0 radical (unpaired) electrons. The topological polar surface area (TPSA) is 21.3 Å². The van der Waals surface area contributed by atoms with E-state index in [0.29, 0.717) is 12.5 Å². The molecule has 1 aliphatic rings. The Morgan fingerprint density at radius 3 is 2.71 bits per heavy atom. The molecule has 2 nitrogen and oxygen atoms in total. The molecule has 118 valence electrons. The van der Waals surface area contributed by atoms with Gasteiger partial charge in [0.2, 0.25) is 5.82 Å². The third-order valence-electron chi connectivity index (χ3n) is 4.21. The quantitative estimate of drug-likeness (QED) is 0.810.